The van der Waals surface area contributed by atoms with Crippen LogP contribution in [0.25, 0.3) is 0 Å². The zero-order valence-electron chi connectivity index (χ0n) is 14.7. The third-order valence-electron chi connectivity index (χ3n) is 8.20. The number of hydrogen-bond donors (Lipinski definition) is 0. The molecular formula is C22H32. The molecule has 0 aromatic heterocycles. The summed E-state index contributed by atoms with van der Waals surface area (Å²) >= 11 is 0. The van der Waals surface area contributed by atoms with Crippen molar-refractivity contribution in [2.24, 2.45) is 34.5 Å². The molecule has 120 valence electrons. The molecular weight excluding hydrogens is 264 g/mol. The van der Waals surface area contributed by atoms with Gasteiger partial charge in [0.2, 0.25) is 0 Å². The lowest BCUT2D eigenvalue weighted by atomic mass is 9.46. The lowest BCUT2D eigenvalue weighted by Gasteiger charge is -2.58. The van der Waals surface area contributed by atoms with Crippen LogP contribution in [0.2, 0.25) is 0 Å². The Morgan fingerprint density at radius 3 is 2.64 bits per heavy atom. The highest BCUT2D eigenvalue weighted by Crippen LogP contribution is 2.65. The molecule has 2 fully saturated rings. The second kappa shape index (κ2) is 4.86. The van der Waals surface area contributed by atoms with Crippen LogP contribution in [-0.4, -0.2) is 0 Å². The normalized spacial score (nSPS) is 50.3. The molecule has 0 amide bonds. The van der Waals surface area contributed by atoms with Gasteiger partial charge in [-0.05, 0) is 85.0 Å². The van der Waals surface area contributed by atoms with Crippen LogP contribution in [0.1, 0.15) is 65.7 Å². The van der Waals surface area contributed by atoms with E-state index in [1.807, 2.05) is 5.57 Å². The molecule has 0 aromatic rings. The van der Waals surface area contributed by atoms with Gasteiger partial charge in [0.15, 0.2) is 0 Å². The molecule has 2 saturated carbocycles. The van der Waals surface area contributed by atoms with Gasteiger partial charge in [0.05, 0.1) is 0 Å². The fourth-order valence-corrected chi connectivity index (χ4v) is 6.82. The van der Waals surface area contributed by atoms with Crippen LogP contribution in [0.4, 0.5) is 0 Å². The van der Waals surface area contributed by atoms with Crippen molar-refractivity contribution < 1.29 is 0 Å². The third kappa shape index (κ3) is 1.82. The Bertz CT molecular complexity index is 550. The van der Waals surface area contributed by atoms with Crippen LogP contribution < -0.4 is 0 Å². The van der Waals surface area contributed by atoms with E-state index in [2.05, 4.69) is 45.6 Å². The average molecular weight is 296 g/mol. The Morgan fingerprint density at radius 1 is 1.09 bits per heavy atom. The molecule has 4 aliphatic carbocycles. The first-order valence-electron chi connectivity index (χ1n) is 9.53. The van der Waals surface area contributed by atoms with Gasteiger partial charge in [-0.2, -0.15) is 0 Å². The van der Waals surface area contributed by atoms with E-state index >= 15 is 0 Å². The van der Waals surface area contributed by atoms with E-state index in [1.165, 1.54) is 44.9 Å². The zero-order chi connectivity index (χ0) is 15.5. The smallest absolute Gasteiger partial charge is 0.00446 e. The molecule has 6 atom stereocenters. The Hall–Kier alpha value is -0.780. The van der Waals surface area contributed by atoms with Crippen molar-refractivity contribution in [3.05, 3.63) is 36.0 Å². The SMILES string of the molecule is C=CC1=CCC2C3CCC4=C[C@@H](C)CC[C@]4(C)C3CC[C@]12C. The minimum atomic E-state index is 0.433. The Kier molecular flexibility index (Phi) is 3.26. The largest absolute Gasteiger partial charge is 0.0988 e. The van der Waals surface area contributed by atoms with Crippen molar-refractivity contribution >= 4 is 0 Å². The maximum atomic E-state index is 4.09. The summed E-state index contributed by atoms with van der Waals surface area (Å²) < 4.78 is 0. The van der Waals surface area contributed by atoms with E-state index in [0.717, 1.165) is 23.7 Å². The molecule has 0 heterocycles. The average Bonchev–Trinajstić information content (AvgIpc) is 2.84. The molecule has 22 heavy (non-hydrogen) atoms. The standard InChI is InChI=1S/C22H32/c1-5-16-7-9-19-18-8-6-17-14-15(2)10-12-22(17,4)20(18)11-13-21(16,19)3/h5,7,14-15,18-20H,1,6,8-13H2,2-4H3/t15-,18?,19?,20?,21+,22-/m0/s1. The third-order valence-corrected chi connectivity index (χ3v) is 8.20. The summed E-state index contributed by atoms with van der Waals surface area (Å²) in [6.07, 6.45) is 17.1. The minimum absolute atomic E-state index is 0.433. The highest BCUT2D eigenvalue weighted by molar-refractivity contribution is 5.34. The van der Waals surface area contributed by atoms with Crippen LogP contribution in [0.5, 0.6) is 0 Å². The molecule has 4 aliphatic rings. The highest BCUT2D eigenvalue weighted by atomic mass is 14.6. The topological polar surface area (TPSA) is 0 Å². The van der Waals surface area contributed by atoms with Crippen molar-refractivity contribution in [1.82, 2.24) is 0 Å². The molecule has 0 aliphatic heterocycles. The van der Waals surface area contributed by atoms with Crippen LogP contribution in [0.15, 0.2) is 36.0 Å². The maximum absolute atomic E-state index is 4.09. The number of hydrogen-bond acceptors (Lipinski definition) is 0. The molecule has 0 radical (unpaired) electrons. The van der Waals surface area contributed by atoms with Gasteiger partial charge in [0.1, 0.15) is 0 Å². The van der Waals surface area contributed by atoms with E-state index < -0.39 is 0 Å². The van der Waals surface area contributed by atoms with Crippen molar-refractivity contribution in [3.63, 3.8) is 0 Å². The van der Waals surface area contributed by atoms with Gasteiger partial charge in [-0.3, -0.25) is 0 Å². The quantitative estimate of drug-likeness (QED) is 0.497. The fourth-order valence-electron chi connectivity index (χ4n) is 6.82. The van der Waals surface area contributed by atoms with Crippen molar-refractivity contribution in [1.29, 1.82) is 0 Å². The monoisotopic (exact) mass is 296 g/mol. The molecule has 0 aromatic carbocycles. The zero-order valence-corrected chi connectivity index (χ0v) is 14.7. The first kappa shape index (κ1) is 14.8. The summed E-state index contributed by atoms with van der Waals surface area (Å²) in [5, 5.41) is 0. The van der Waals surface area contributed by atoms with Gasteiger partial charge in [0, 0.05) is 0 Å². The van der Waals surface area contributed by atoms with E-state index in [0.29, 0.717) is 10.8 Å². The second-order valence-corrected chi connectivity index (χ2v) is 9.10. The van der Waals surface area contributed by atoms with Gasteiger partial charge in [0.25, 0.3) is 0 Å². The van der Waals surface area contributed by atoms with Crippen LogP contribution >= 0.6 is 0 Å². The van der Waals surface area contributed by atoms with E-state index in [-0.39, 0.29) is 0 Å². The Morgan fingerprint density at radius 2 is 1.86 bits per heavy atom. The molecule has 0 spiro atoms. The van der Waals surface area contributed by atoms with Crippen LogP contribution in [0, 0.1) is 34.5 Å². The molecule has 3 unspecified atom stereocenters. The predicted molar refractivity (Wildman–Crippen MR) is 94.5 cm³/mol. The molecule has 0 nitrogen and oxygen atoms in total. The van der Waals surface area contributed by atoms with Gasteiger partial charge >= 0.3 is 0 Å². The van der Waals surface area contributed by atoms with Crippen LogP contribution in [0.3, 0.4) is 0 Å². The summed E-state index contributed by atoms with van der Waals surface area (Å²) in [4.78, 5) is 0. The predicted octanol–water partition coefficient (Wildman–Crippen LogP) is 6.31. The lowest BCUT2D eigenvalue weighted by Crippen LogP contribution is -2.49. The molecule has 0 saturated heterocycles. The minimum Gasteiger partial charge on any atom is -0.0988 e. The van der Waals surface area contributed by atoms with Crippen molar-refractivity contribution in [2.75, 3.05) is 0 Å². The molecule has 0 heteroatoms. The number of allylic oxidation sites excluding steroid dienone is 5. The highest BCUT2D eigenvalue weighted by Gasteiger charge is 2.56. The second-order valence-electron chi connectivity index (χ2n) is 9.10. The number of rotatable bonds is 1. The number of fused-ring (bicyclic) bond motifs is 5. The van der Waals surface area contributed by atoms with Crippen molar-refractivity contribution in [3.8, 4) is 0 Å². The lowest BCUT2D eigenvalue weighted by molar-refractivity contribution is -0.0292. The molecule has 0 N–H and O–H groups in total. The molecule has 4 rings (SSSR count). The van der Waals surface area contributed by atoms with Gasteiger partial charge in [-0.15, -0.1) is 0 Å². The van der Waals surface area contributed by atoms with Gasteiger partial charge in [-0.1, -0.05) is 51.2 Å². The first-order valence-corrected chi connectivity index (χ1v) is 9.53. The summed E-state index contributed by atoms with van der Waals surface area (Å²) in [7, 11) is 0. The Labute approximate surface area is 136 Å². The summed E-state index contributed by atoms with van der Waals surface area (Å²) in [6.45, 7) is 11.6. The van der Waals surface area contributed by atoms with E-state index in [1.54, 1.807) is 5.57 Å². The summed E-state index contributed by atoms with van der Waals surface area (Å²) in [5.74, 6) is 3.59. The van der Waals surface area contributed by atoms with Gasteiger partial charge in [-0.25, -0.2) is 0 Å². The summed E-state index contributed by atoms with van der Waals surface area (Å²) in [5.41, 5.74) is 4.33. The van der Waals surface area contributed by atoms with Crippen LogP contribution in [-0.2, 0) is 0 Å². The maximum Gasteiger partial charge on any atom is -0.00446 e. The van der Waals surface area contributed by atoms with E-state index in [9.17, 15) is 0 Å². The first-order chi connectivity index (χ1) is 10.5. The summed E-state index contributed by atoms with van der Waals surface area (Å²) in [6, 6.07) is 0. The fraction of sp³-hybridized carbons (Fsp3) is 0.727. The molecule has 0 bridgehead atoms. The Balaban J connectivity index is 1.67. The van der Waals surface area contributed by atoms with Crippen molar-refractivity contribution in [2.45, 2.75) is 65.7 Å². The van der Waals surface area contributed by atoms with Gasteiger partial charge < -0.3 is 0 Å². The van der Waals surface area contributed by atoms with E-state index in [4.69, 9.17) is 0 Å².